The maximum Gasteiger partial charge on any atom is 0.253 e. The number of aromatic nitrogens is 1. The molecule has 0 atom stereocenters. The molecule has 0 saturated heterocycles. The van der Waals surface area contributed by atoms with Gasteiger partial charge in [-0.05, 0) is 49.2 Å². The third kappa shape index (κ3) is 3.26. The van der Waals surface area contributed by atoms with Crippen molar-refractivity contribution in [2.75, 3.05) is 6.54 Å². The van der Waals surface area contributed by atoms with E-state index in [1.807, 2.05) is 13.0 Å². The van der Waals surface area contributed by atoms with Crippen LogP contribution >= 0.6 is 0 Å². The Morgan fingerprint density at radius 2 is 2.00 bits per heavy atom. The fourth-order valence-corrected chi connectivity index (χ4v) is 2.05. The number of benzene rings is 1. The van der Waals surface area contributed by atoms with E-state index in [0.29, 0.717) is 12.1 Å². The van der Waals surface area contributed by atoms with Crippen LogP contribution in [0.15, 0.2) is 30.3 Å². The third-order valence-corrected chi connectivity index (χ3v) is 3.23. The normalized spacial score (nSPS) is 10.6. The van der Waals surface area contributed by atoms with E-state index >= 15 is 0 Å². The second-order valence-electron chi connectivity index (χ2n) is 4.84. The molecule has 0 fully saturated rings. The van der Waals surface area contributed by atoms with Crippen molar-refractivity contribution in [1.82, 2.24) is 10.3 Å². The number of hydrogen-bond acceptors (Lipinski definition) is 1. The summed E-state index contributed by atoms with van der Waals surface area (Å²) in [4.78, 5) is 15.2. The number of aryl methyl sites for hydroxylation is 1. The van der Waals surface area contributed by atoms with Gasteiger partial charge in [-0.15, -0.1) is 0 Å². The number of aromatic amines is 1. The predicted molar refractivity (Wildman–Crippen MR) is 78.2 cm³/mol. The standard InChI is InChI=1S/C16H19FN2O/c1-3-4-9-18-16(20)14-10-15(19-11(14)2)12-5-7-13(17)8-6-12/h5-8,10,19H,3-4,9H2,1-2H3,(H,18,20). The van der Waals surface area contributed by atoms with Crippen molar-refractivity contribution in [3.63, 3.8) is 0 Å². The minimum atomic E-state index is -0.269. The molecule has 0 spiro atoms. The lowest BCUT2D eigenvalue weighted by Gasteiger charge is -2.02. The van der Waals surface area contributed by atoms with Crippen molar-refractivity contribution in [2.45, 2.75) is 26.7 Å². The van der Waals surface area contributed by atoms with Crippen molar-refractivity contribution < 1.29 is 9.18 Å². The predicted octanol–water partition coefficient (Wildman–Crippen LogP) is 3.66. The molecule has 0 saturated carbocycles. The van der Waals surface area contributed by atoms with Crippen molar-refractivity contribution in [2.24, 2.45) is 0 Å². The summed E-state index contributed by atoms with van der Waals surface area (Å²) in [7, 11) is 0. The Labute approximate surface area is 118 Å². The van der Waals surface area contributed by atoms with Gasteiger partial charge < -0.3 is 10.3 Å². The second kappa shape index (κ2) is 6.37. The van der Waals surface area contributed by atoms with Crippen LogP contribution in [-0.4, -0.2) is 17.4 Å². The molecule has 1 amide bonds. The summed E-state index contributed by atoms with van der Waals surface area (Å²) in [6.07, 6.45) is 2.02. The summed E-state index contributed by atoms with van der Waals surface area (Å²) in [5, 5.41) is 2.90. The van der Waals surface area contributed by atoms with Crippen molar-refractivity contribution in [3.8, 4) is 11.3 Å². The van der Waals surface area contributed by atoms with Crippen LogP contribution in [0.4, 0.5) is 4.39 Å². The molecule has 1 heterocycles. The van der Waals surface area contributed by atoms with Crippen LogP contribution in [0, 0.1) is 12.7 Å². The minimum absolute atomic E-state index is 0.0689. The minimum Gasteiger partial charge on any atom is -0.358 e. The molecular formula is C16H19FN2O. The lowest BCUT2D eigenvalue weighted by molar-refractivity contribution is 0.0952. The fourth-order valence-electron chi connectivity index (χ4n) is 2.05. The van der Waals surface area contributed by atoms with E-state index in [0.717, 1.165) is 29.8 Å². The van der Waals surface area contributed by atoms with Crippen LogP contribution in [0.2, 0.25) is 0 Å². The van der Waals surface area contributed by atoms with Gasteiger partial charge in [0, 0.05) is 17.9 Å². The summed E-state index contributed by atoms with van der Waals surface area (Å²) < 4.78 is 12.9. The highest BCUT2D eigenvalue weighted by molar-refractivity contribution is 5.96. The first kappa shape index (κ1) is 14.3. The Balaban J connectivity index is 2.16. The number of carbonyl (C=O) groups is 1. The number of unbranched alkanes of at least 4 members (excludes halogenated alkanes) is 1. The summed E-state index contributed by atoms with van der Waals surface area (Å²) in [6, 6.07) is 8.02. The van der Waals surface area contributed by atoms with Gasteiger partial charge in [-0.25, -0.2) is 4.39 Å². The van der Waals surface area contributed by atoms with Gasteiger partial charge >= 0.3 is 0 Å². The highest BCUT2D eigenvalue weighted by atomic mass is 19.1. The highest BCUT2D eigenvalue weighted by Crippen LogP contribution is 2.22. The maximum atomic E-state index is 12.9. The summed E-state index contributed by atoms with van der Waals surface area (Å²) in [5.74, 6) is -0.338. The molecule has 0 unspecified atom stereocenters. The van der Waals surface area contributed by atoms with Gasteiger partial charge in [-0.3, -0.25) is 4.79 Å². The van der Waals surface area contributed by atoms with Gasteiger partial charge in [0.2, 0.25) is 0 Å². The van der Waals surface area contributed by atoms with Crippen molar-refractivity contribution in [1.29, 1.82) is 0 Å². The van der Waals surface area contributed by atoms with Crippen molar-refractivity contribution >= 4 is 5.91 Å². The van der Waals surface area contributed by atoms with Crippen LogP contribution in [0.5, 0.6) is 0 Å². The zero-order valence-corrected chi connectivity index (χ0v) is 11.8. The average Bonchev–Trinajstić information content (AvgIpc) is 2.82. The molecule has 0 aliphatic heterocycles. The first-order valence-electron chi connectivity index (χ1n) is 6.85. The number of halogens is 1. The Morgan fingerprint density at radius 1 is 1.30 bits per heavy atom. The Bertz CT molecular complexity index is 587. The summed E-state index contributed by atoms with van der Waals surface area (Å²) in [5.41, 5.74) is 3.14. The first-order chi connectivity index (χ1) is 9.61. The summed E-state index contributed by atoms with van der Waals surface area (Å²) in [6.45, 7) is 4.63. The molecule has 0 aliphatic rings. The number of amides is 1. The van der Waals surface area contributed by atoms with Crippen LogP contribution in [0.25, 0.3) is 11.3 Å². The molecule has 2 N–H and O–H groups in total. The number of carbonyl (C=O) groups excluding carboxylic acids is 1. The van der Waals surface area contributed by atoms with Gasteiger partial charge in [-0.1, -0.05) is 13.3 Å². The van der Waals surface area contributed by atoms with E-state index in [2.05, 4.69) is 17.2 Å². The third-order valence-electron chi connectivity index (χ3n) is 3.23. The maximum absolute atomic E-state index is 12.9. The van der Waals surface area contributed by atoms with Gasteiger partial charge in [0.05, 0.1) is 5.56 Å². The van der Waals surface area contributed by atoms with Crippen LogP contribution in [-0.2, 0) is 0 Å². The van der Waals surface area contributed by atoms with Crippen LogP contribution in [0.1, 0.15) is 35.8 Å². The molecule has 20 heavy (non-hydrogen) atoms. The second-order valence-corrected chi connectivity index (χ2v) is 4.84. The molecule has 0 aliphatic carbocycles. The van der Waals surface area contributed by atoms with E-state index in [-0.39, 0.29) is 11.7 Å². The monoisotopic (exact) mass is 274 g/mol. The summed E-state index contributed by atoms with van der Waals surface area (Å²) >= 11 is 0. The Kier molecular flexibility index (Phi) is 4.56. The number of H-pyrrole nitrogens is 1. The van der Waals surface area contributed by atoms with E-state index < -0.39 is 0 Å². The SMILES string of the molecule is CCCCNC(=O)c1cc(-c2ccc(F)cc2)[nH]c1C. The number of nitrogens with one attached hydrogen (secondary N) is 2. The van der Waals surface area contributed by atoms with Gasteiger partial charge in [-0.2, -0.15) is 0 Å². The largest absolute Gasteiger partial charge is 0.358 e. The van der Waals surface area contributed by atoms with E-state index in [9.17, 15) is 9.18 Å². The van der Waals surface area contributed by atoms with Crippen LogP contribution in [0.3, 0.4) is 0 Å². The molecule has 3 nitrogen and oxygen atoms in total. The van der Waals surface area contributed by atoms with E-state index in [1.54, 1.807) is 12.1 Å². The van der Waals surface area contributed by atoms with Gasteiger partial charge in [0.25, 0.3) is 5.91 Å². The molecule has 4 heteroatoms. The van der Waals surface area contributed by atoms with Gasteiger partial charge in [0.15, 0.2) is 0 Å². The van der Waals surface area contributed by atoms with Gasteiger partial charge in [0.1, 0.15) is 5.82 Å². The highest BCUT2D eigenvalue weighted by Gasteiger charge is 2.13. The fraction of sp³-hybridized carbons (Fsp3) is 0.312. The molecule has 0 bridgehead atoms. The lowest BCUT2D eigenvalue weighted by atomic mass is 10.1. The average molecular weight is 274 g/mol. The zero-order valence-electron chi connectivity index (χ0n) is 11.8. The van der Waals surface area contributed by atoms with E-state index in [1.165, 1.54) is 12.1 Å². The number of rotatable bonds is 5. The molecule has 0 radical (unpaired) electrons. The van der Waals surface area contributed by atoms with E-state index in [4.69, 9.17) is 0 Å². The quantitative estimate of drug-likeness (QED) is 0.803. The lowest BCUT2D eigenvalue weighted by Crippen LogP contribution is -2.24. The van der Waals surface area contributed by atoms with Crippen molar-refractivity contribution in [3.05, 3.63) is 47.4 Å². The molecule has 1 aromatic carbocycles. The Hall–Kier alpha value is -2.10. The van der Waals surface area contributed by atoms with Crippen LogP contribution < -0.4 is 5.32 Å². The topological polar surface area (TPSA) is 44.9 Å². The smallest absolute Gasteiger partial charge is 0.253 e. The Morgan fingerprint density at radius 3 is 2.65 bits per heavy atom. The number of hydrogen-bond donors (Lipinski definition) is 2. The molecule has 2 aromatic rings. The molecular weight excluding hydrogens is 255 g/mol. The molecule has 2 rings (SSSR count). The first-order valence-corrected chi connectivity index (χ1v) is 6.85. The molecule has 1 aromatic heterocycles. The zero-order chi connectivity index (χ0) is 14.5. The molecule has 106 valence electrons.